The molecule has 0 fully saturated rings. The molecular formula is C50H30O. The number of furan rings is 1. The van der Waals surface area contributed by atoms with E-state index in [4.69, 9.17) is 27.7 Å². The van der Waals surface area contributed by atoms with Crippen LogP contribution in [0.15, 0.2) is 186 Å². The molecule has 0 spiro atoms. The van der Waals surface area contributed by atoms with Gasteiger partial charge in [0, 0.05) is 10.8 Å². The van der Waals surface area contributed by atoms with Crippen LogP contribution in [0.2, 0.25) is 0 Å². The molecule has 0 unspecified atom stereocenters. The number of fused-ring (bicyclic) bond motifs is 9. The van der Waals surface area contributed by atoms with Crippen LogP contribution in [0.3, 0.4) is 0 Å². The molecule has 10 aromatic carbocycles. The summed E-state index contributed by atoms with van der Waals surface area (Å²) < 4.78 is 278. The molecule has 51 heavy (non-hydrogen) atoms. The van der Waals surface area contributed by atoms with Crippen LogP contribution in [0.1, 0.15) is 41.1 Å². The first-order valence-electron chi connectivity index (χ1n) is 30.2. The molecule has 0 aliphatic heterocycles. The van der Waals surface area contributed by atoms with Gasteiger partial charge in [0.2, 0.25) is 0 Å². The van der Waals surface area contributed by atoms with E-state index in [9.17, 15) is 17.8 Å². The smallest absolute Gasteiger partial charge is 0.136 e. The van der Waals surface area contributed by atoms with Crippen molar-refractivity contribution in [2.75, 3.05) is 0 Å². The molecule has 236 valence electrons. The molecule has 0 atom stereocenters. The summed E-state index contributed by atoms with van der Waals surface area (Å²) in [7, 11) is 0. The number of hydrogen-bond acceptors (Lipinski definition) is 1. The van der Waals surface area contributed by atoms with Crippen molar-refractivity contribution in [3.63, 3.8) is 0 Å². The molecule has 1 aromatic heterocycles. The Kier molecular flexibility index (Phi) is 2.50. The van der Waals surface area contributed by atoms with Gasteiger partial charge >= 0.3 is 0 Å². The van der Waals surface area contributed by atoms with Gasteiger partial charge in [-0.1, -0.05) is 157 Å². The van der Waals surface area contributed by atoms with E-state index in [-0.39, 0.29) is 0 Å². The Labute approximate surface area is 336 Å². The topological polar surface area (TPSA) is 13.1 Å². The second kappa shape index (κ2) is 10.9. The van der Waals surface area contributed by atoms with Crippen molar-refractivity contribution >= 4 is 75.8 Å². The number of hydrogen-bond donors (Lipinski definition) is 0. The molecular weight excluding hydrogens is 617 g/mol. The maximum absolute atomic E-state index is 9.87. The Hall–Kier alpha value is -6.70. The van der Waals surface area contributed by atoms with E-state index in [2.05, 4.69) is 0 Å². The normalized spacial score (nSPS) is 20.2. The first-order valence-corrected chi connectivity index (χ1v) is 15.2. The lowest BCUT2D eigenvalue weighted by atomic mass is 9.85. The largest absolute Gasteiger partial charge is 0.456 e. The first kappa shape index (κ1) is 11.7. The molecule has 11 rings (SSSR count). The average Bonchev–Trinajstić information content (AvgIpc) is 2.31. The highest BCUT2D eigenvalue weighted by Gasteiger charge is 2.18. The highest BCUT2D eigenvalue weighted by atomic mass is 16.3. The lowest BCUT2D eigenvalue weighted by molar-refractivity contribution is 0.669. The summed E-state index contributed by atoms with van der Waals surface area (Å²) >= 11 is 0. The lowest BCUT2D eigenvalue weighted by Crippen LogP contribution is -1.91. The molecule has 0 N–H and O–H groups in total. The first-order chi connectivity index (χ1) is 37.8. The van der Waals surface area contributed by atoms with Gasteiger partial charge in [-0.15, -0.1) is 0 Å². The van der Waals surface area contributed by atoms with Gasteiger partial charge in [-0.3, -0.25) is 0 Å². The zero-order chi connectivity index (χ0) is 59.6. The fraction of sp³-hybridized carbons (Fsp3) is 0. The second-order valence-electron chi connectivity index (χ2n) is 11.3. The van der Waals surface area contributed by atoms with Crippen molar-refractivity contribution in [2.45, 2.75) is 0 Å². The van der Waals surface area contributed by atoms with Gasteiger partial charge in [0.25, 0.3) is 0 Å². The van der Waals surface area contributed by atoms with E-state index in [1.807, 2.05) is 0 Å². The molecule has 0 amide bonds. The molecule has 1 nitrogen and oxygen atoms in total. The molecule has 1 heteroatoms. The monoisotopic (exact) mass is 676 g/mol. The van der Waals surface area contributed by atoms with Gasteiger partial charge < -0.3 is 4.42 Å². The molecule has 0 bridgehead atoms. The van der Waals surface area contributed by atoms with Crippen LogP contribution in [0, 0.1) is 0 Å². The summed E-state index contributed by atoms with van der Waals surface area (Å²) in [5, 5.41) is -7.47. The average molecular weight is 677 g/mol. The predicted octanol–water partition coefficient (Wildman–Crippen LogP) is 14.4. The Morgan fingerprint density at radius 3 is 1.53 bits per heavy atom. The minimum absolute atomic E-state index is 0.460. The van der Waals surface area contributed by atoms with Crippen molar-refractivity contribution in [1.82, 2.24) is 0 Å². The highest BCUT2D eigenvalue weighted by molar-refractivity contribution is 6.22. The third kappa shape index (κ3) is 4.28. The van der Waals surface area contributed by atoms with Crippen LogP contribution in [0.5, 0.6) is 0 Å². The van der Waals surface area contributed by atoms with Gasteiger partial charge in [0.1, 0.15) is 11.2 Å². The van der Waals surface area contributed by atoms with Gasteiger partial charge in [-0.25, -0.2) is 0 Å². The number of benzene rings is 10. The van der Waals surface area contributed by atoms with E-state index in [1.165, 1.54) is 0 Å². The molecule has 11 aromatic rings. The Balaban J connectivity index is 1.37. The molecule has 0 aliphatic rings. The standard InChI is InChI=1S/C50H30O/c1-2-12-36-30-47-45(28-35(36)11-1)44-29-37(26-27-46(44)51-47)50-42-17-7-5-15-40(42)49(41-16-6-8-18-43(41)50)34-24-21-32(22-25-34)39-19-9-13-33-23-20-31-10-3-4-14-38(31)48(33)39/h1-30H/i1D,2D,3D,4D,5D,6D,7D,8D,9D,10D,11D,12D,13D,14D,15D,16D,17D,18D,19D,20D,21D,22D,23D,24D,25D,26D,27D,28D,29D,30D. The lowest BCUT2D eigenvalue weighted by Gasteiger charge is -2.18. The van der Waals surface area contributed by atoms with Crippen LogP contribution in [-0.4, -0.2) is 0 Å². The quantitative estimate of drug-likeness (QED) is 0.134. The Morgan fingerprint density at radius 2 is 0.824 bits per heavy atom. The Bertz CT molecular complexity index is 4820. The molecule has 1 heterocycles. The fourth-order valence-corrected chi connectivity index (χ4v) is 6.33. The highest BCUT2D eigenvalue weighted by Crippen LogP contribution is 2.45. The number of rotatable bonds is 3. The fourth-order valence-electron chi connectivity index (χ4n) is 6.33. The molecule has 0 aliphatic carbocycles. The van der Waals surface area contributed by atoms with Gasteiger partial charge in [0.15, 0.2) is 0 Å². The van der Waals surface area contributed by atoms with E-state index in [0.29, 0.717) is 0 Å². The van der Waals surface area contributed by atoms with Crippen molar-refractivity contribution in [1.29, 1.82) is 0 Å². The van der Waals surface area contributed by atoms with E-state index in [0.717, 1.165) is 0 Å². The minimum atomic E-state index is -1.15. The zero-order valence-corrected chi connectivity index (χ0v) is 25.4. The predicted molar refractivity (Wildman–Crippen MR) is 218 cm³/mol. The van der Waals surface area contributed by atoms with Crippen molar-refractivity contribution in [3.8, 4) is 33.4 Å². The maximum Gasteiger partial charge on any atom is 0.136 e. The minimum Gasteiger partial charge on any atom is -0.456 e. The summed E-state index contributed by atoms with van der Waals surface area (Å²) in [5.74, 6) is 0. The summed E-state index contributed by atoms with van der Waals surface area (Å²) in [6, 6.07) is -27.9. The maximum atomic E-state index is 9.87. The van der Waals surface area contributed by atoms with Crippen LogP contribution in [0.4, 0.5) is 0 Å². The van der Waals surface area contributed by atoms with Crippen molar-refractivity contribution < 1.29 is 45.5 Å². The zero-order valence-electron chi connectivity index (χ0n) is 55.4. The molecule has 0 saturated heterocycles. The van der Waals surface area contributed by atoms with Crippen LogP contribution in [-0.2, 0) is 0 Å². The van der Waals surface area contributed by atoms with Gasteiger partial charge in [-0.05, 0) is 111 Å². The summed E-state index contributed by atoms with van der Waals surface area (Å²) in [5.41, 5.74) is -6.07. The third-order valence-electron chi connectivity index (χ3n) is 8.51. The van der Waals surface area contributed by atoms with Gasteiger partial charge in [-0.2, -0.15) is 0 Å². The van der Waals surface area contributed by atoms with E-state index < -0.39 is 290 Å². The van der Waals surface area contributed by atoms with E-state index in [1.54, 1.807) is 0 Å². The Morgan fingerprint density at radius 1 is 0.314 bits per heavy atom. The molecule has 0 radical (unpaired) electrons. The summed E-state index contributed by atoms with van der Waals surface area (Å²) in [4.78, 5) is 0. The molecule has 0 saturated carbocycles. The van der Waals surface area contributed by atoms with Crippen LogP contribution >= 0.6 is 0 Å². The van der Waals surface area contributed by atoms with Crippen LogP contribution in [0.25, 0.3) is 109 Å². The van der Waals surface area contributed by atoms with E-state index >= 15 is 0 Å². The third-order valence-corrected chi connectivity index (χ3v) is 8.51. The summed E-state index contributed by atoms with van der Waals surface area (Å²) in [6.45, 7) is 0. The summed E-state index contributed by atoms with van der Waals surface area (Å²) in [6.07, 6.45) is 0. The SMILES string of the molecule is [2H]c1c([2H])c(-c2c([2H])c([2H])c([2H])c3c([2H])c([2H])c4c([2H])c([2H])c([2H])c([2H])c4c23)c([2H])c([2H])c1-c1c2c([2H])c([2H])c([2H])c([2H])c2c(-c2c([2H])c([2H])c3oc4c([2H])c5c([2H])c([2H])c([2H])c([2H])c5c([2H])c4c3c2[2H])c2c([2H])c([2H])c([2H])c([2H])c12. The van der Waals surface area contributed by atoms with Crippen molar-refractivity contribution in [2.24, 2.45) is 0 Å². The van der Waals surface area contributed by atoms with Crippen LogP contribution < -0.4 is 0 Å². The van der Waals surface area contributed by atoms with Gasteiger partial charge in [0.05, 0.1) is 41.1 Å². The second-order valence-corrected chi connectivity index (χ2v) is 11.3. The van der Waals surface area contributed by atoms with Crippen molar-refractivity contribution in [3.05, 3.63) is 181 Å².